The summed E-state index contributed by atoms with van der Waals surface area (Å²) in [6.07, 6.45) is 2.41. The van der Waals surface area contributed by atoms with Gasteiger partial charge in [0.05, 0.1) is 35.9 Å². The fourth-order valence-electron chi connectivity index (χ4n) is 3.78. The van der Waals surface area contributed by atoms with Gasteiger partial charge in [0, 0.05) is 25.2 Å². The molecule has 0 atom stereocenters. The second kappa shape index (κ2) is 7.52. The minimum Gasteiger partial charge on any atom is -0.383 e. The van der Waals surface area contributed by atoms with E-state index in [1.807, 2.05) is 37.3 Å². The van der Waals surface area contributed by atoms with Crippen molar-refractivity contribution >= 4 is 34.0 Å². The van der Waals surface area contributed by atoms with Crippen LogP contribution >= 0.6 is 0 Å². The van der Waals surface area contributed by atoms with Gasteiger partial charge >= 0.3 is 5.69 Å². The lowest BCUT2D eigenvalue weighted by Crippen LogP contribution is -2.23. The maximum Gasteiger partial charge on any atom is 0.328 e. The summed E-state index contributed by atoms with van der Waals surface area (Å²) in [5.74, 6) is 0. The second-order valence-corrected chi connectivity index (χ2v) is 7.00. The summed E-state index contributed by atoms with van der Waals surface area (Å²) in [5.41, 5.74) is 6.27. The molecule has 0 saturated carbocycles. The summed E-state index contributed by atoms with van der Waals surface area (Å²) in [4.78, 5) is 28.0. The minimum absolute atomic E-state index is 0.0859. The predicted molar refractivity (Wildman–Crippen MR) is 114 cm³/mol. The normalized spacial score (nSPS) is 11.3. The highest BCUT2D eigenvalue weighted by molar-refractivity contribution is 6.04. The highest BCUT2D eigenvalue weighted by Gasteiger charge is 2.15. The number of nitrogens with zero attached hydrogens (tertiary/aromatic N) is 3. The Morgan fingerprint density at radius 2 is 2.03 bits per heavy atom. The average Bonchev–Trinajstić information content (AvgIpc) is 2.97. The molecule has 1 N–H and O–H groups in total. The Morgan fingerprint density at radius 3 is 2.76 bits per heavy atom. The topological polar surface area (TPSA) is 78.2 Å². The number of hydrogen-bond acceptors (Lipinski definition) is 4. The molecule has 29 heavy (non-hydrogen) atoms. The quantitative estimate of drug-likeness (QED) is 0.513. The number of benzene rings is 2. The molecule has 2 aromatic heterocycles. The first kappa shape index (κ1) is 18.9. The van der Waals surface area contributed by atoms with Crippen molar-refractivity contribution in [3.05, 3.63) is 58.6 Å². The molecule has 0 aliphatic rings. The van der Waals surface area contributed by atoms with Gasteiger partial charge in [-0.15, -0.1) is 0 Å². The minimum atomic E-state index is -0.0859. The third kappa shape index (κ3) is 3.19. The molecule has 0 bridgehead atoms. The number of imidazole rings is 1. The van der Waals surface area contributed by atoms with Crippen molar-refractivity contribution in [1.29, 1.82) is 0 Å². The van der Waals surface area contributed by atoms with Crippen LogP contribution in [0, 0.1) is 6.92 Å². The molecule has 2 heterocycles. The van der Waals surface area contributed by atoms with E-state index in [-0.39, 0.29) is 5.69 Å². The summed E-state index contributed by atoms with van der Waals surface area (Å²) in [7, 11) is 3.38. The number of aromatic nitrogens is 3. The fraction of sp³-hybridized carbons (Fsp3) is 0.227. The lowest BCUT2D eigenvalue weighted by molar-refractivity contribution is -0.105. The molecule has 0 spiro atoms. The van der Waals surface area contributed by atoms with Gasteiger partial charge < -0.3 is 10.1 Å². The van der Waals surface area contributed by atoms with Crippen LogP contribution in [-0.4, -0.2) is 34.2 Å². The van der Waals surface area contributed by atoms with Gasteiger partial charge in [0.15, 0.2) is 0 Å². The van der Waals surface area contributed by atoms with Crippen LogP contribution in [0.1, 0.15) is 5.56 Å². The Hall–Kier alpha value is -3.45. The van der Waals surface area contributed by atoms with Crippen molar-refractivity contribution in [2.75, 3.05) is 19.0 Å². The summed E-state index contributed by atoms with van der Waals surface area (Å²) in [6.45, 7) is 2.93. The number of anilines is 1. The number of carbonyl (C=O) groups excluding carboxylic acids is 1. The number of methoxy groups -OCH3 is 1. The number of ether oxygens (including phenoxy) is 1. The van der Waals surface area contributed by atoms with Crippen molar-refractivity contribution < 1.29 is 9.53 Å². The van der Waals surface area contributed by atoms with E-state index in [4.69, 9.17) is 4.74 Å². The highest BCUT2D eigenvalue weighted by atomic mass is 16.5. The van der Waals surface area contributed by atoms with E-state index in [1.165, 1.54) is 0 Å². The van der Waals surface area contributed by atoms with E-state index in [0.29, 0.717) is 19.6 Å². The zero-order valence-corrected chi connectivity index (χ0v) is 16.6. The molecule has 0 saturated heterocycles. The van der Waals surface area contributed by atoms with Crippen molar-refractivity contribution in [2.45, 2.75) is 13.5 Å². The average molecular weight is 390 g/mol. The van der Waals surface area contributed by atoms with Crippen LogP contribution in [0.25, 0.3) is 33.1 Å². The molecule has 0 fully saturated rings. The number of fused-ring (bicyclic) bond motifs is 3. The van der Waals surface area contributed by atoms with Crippen molar-refractivity contribution in [3.63, 3.8) is 0 Å². The van der Waals surface area contributed by atoms with Gasteiger partial charge in [-0.25, -0.2) is 4.79 Å². The van der Waals surface area contributed by atoms with Crippen molar-refractivity contribution in [3.8, 4) is 11.1 Å². The first-order valence-corrected chi connectivity index (χ1v) is 9.33. The number of aryl methyl sites for hydroxylation is 2. The smallest absolute Gasteiger partial charge is 0.328 e. The summed E-state index contributed by atoms with van der Waals surface area (Å²) >= 11 is 0. The van der Waals surface area contributed by atoms with E-state index in [0.717, 1.165) is 44.3 Å². The molecule has 4 rings (SSSR count). The van der Waals surface area contributed by atoms with Crippen LogP contribution in [0.2, 0.25) is 0 Å². The molecule has 7 heteroatoms. The number of pyridine rings is 1. The Bertz CT molecular complexity index is 1290. The standard InChI is InChI=1S/C22H22N4O3/c1-14-10-16(24-13-27)5-6-17(14)15-4-7-19-18(11-15)21-20(12-23-19)25(2)22(28)26(21)8-9-29-3/h4-7,10-13H,8-9H2,1-3H3,(H,24,27). The van der Waals surface area contributed by atoms with Crippen LogP contribution < -0.4 is 11.0 Å². The van der Waals surface area contributed by atoms with Gasteiger partial charge in [0.2, 0.25) is 6.41 Å². The molecular formula is C22H22N4O3. The molecule has 0 aliphatic heterocycles. The van der Waals surface area contributed by atoms with Crippen LogP contribution in [0.5, 0.6) is 0 Å². The van der Waals surface area contributed by atoms with Crippen molar-refractivity contribution in [2.24, 2.45) is 7.05 Å². The number of hydrogen-bond donors (Lipinski definition) is 1. The molecule has 148 valence electrons. The lowest BCUT2D eigenvalue weighted by Gasteiger charge is -2.11. The zero-order chi connectivity index (χ0) is 20.5. The first-order valence-electron chi connectivity index (χ1n) is 9.33. The third-order valence-corrected chi connectivity index (χ3v) is 5.25. The van der Waals surface area contributed by atoms with Gasteiger partial charge in [-0.3, -0.25) is 18.9 Å². The Balaban J connectivity index is 1.95. The lowest BCUT2D eigenvalue weighted by atomic mass is 9.98. The summed E-state index contributed by atoms with van der Waals surface area (Å²) in [6, 6.07) is 11.9. The largest absolute Gasteiger partial charge is 0.383 e. The molecule has 0 radical (unpaired) electrons. The number of nitrogens with one attached hydrogen (secondary N) is 1. The van der Waals surface area contributed by atoms with Crippen LogP contribution in [0.4, 0.5) is 5.69 Å². The second-order valence-electron chi connectivity index (χ2n) is 7.00. The molecule has 0 aliphatic carbocycles. The van der Waals surface area contributed by atoms with Gasteiger partial charge in [0.1, 0.15) is 0 Å². The third-order valence-electron chi connectivity index (χ3n) is 5.25. The Morgan fingerprint density at radius 1 is 1.21 bits per heavy atom. The summed E-state index contributed by atoms with van der Waals surface area (Å²) in [5, 5.41) is 3.59. The number of carbonyl (C=O) groups is 1. The molecule has 1 amide bonds. The van der Waals surface area contributed by atoms with E-state index in [9.17, 15) is 9.59 Å². The first-order chi connectivity index (χ1) is 14.0. The zero-order valence-electron chi connectivity index (χ0n) is 16.6. The van der Waals surface area contributed by atoms with Gasteiger partial charge in [-0.1, -0.05) is 12.1 Å². The maximum absolute atomic E-state index is 12.8. The molecule has 4 aromatic rings. The Kier molecular flexibility index (Phi) is 4.90. The molecular weight excluding hydrogens is 368 g/mol. The van der Waals surface area contributed by atoms with Crippen LogP contribution in [0.3, 0.4) is 0 Å². The number of rotatable bonds is 6. The predicted octanol–water partition coefficient (Wildman–Crippen LogP) is 3.08. The van der Waals surface area contributed by atoms with Gasteiger partial charge in [-0.2, -0.15) is 0 Å². The highest BCUT2D eigenvalue weighted by Crippen LogP contribution is 2.31. The SMILES string of the molecule is COCCn1c(=O)n(C)c2cnc3ccc(-c4ccc(NC=O)cc4C)cc3c21. The van der Waals surface area contributed by atoms with Gasteiger partial charge in [0.25, 0.3) is 0 Å². The fourth-order valence-corrected chi connectivity index (χ4v) is 3.78. The molecule has 2 aromatic carbocycles. The van der Waals surface area contributed by atoms with E-state index in [1.54, 1.807) is 29.5 Å². The number of amides is 1. The van der Waals surface area contributed by atoms with Gasteiger partial charge in [-0.05, 0) is 47.9 Å². The molecule has 0 unspecified atom stereocenters. The molecule has 7 nitrogen and oxygen atoms in total. The van der Waals surface area contributed by atoms with E-state index in [2.05, 4.69) is 16.4 Å². The van der Waals surface area contributed by atoms with Crippen LogP contribution in [0.15, 0.2) is 47.4 Å². The Labute approximate surface area is 167 Å². The maximum atomic E-state index is 12.8. The summed E-state index contributed by atoms with van der Waals surface area (Å²) < 4.78 is 8.56. The van der Waals surface area contributed by atoms with Crippen molar-refractivity contribution in [1.82, 2.24) is 14.1 Å². The van der Waals surface area contributed by atoms with Crippen LogP contribution in [-0.2, 0) is 23.1 Å². The van der Waals surface area contributed by atoms with E-state index < -0.39 is 0 Å². The van der Waals surface area contributed by atoms with E-state index >= 15 is 0 Å². The monoisotopic (exact) mass is 390 g/mol.